The summed E-state index contributed by atoms with van der Waals surface area (Å²) in [7, 11) is 0. The Labute approximate surface area is 115 Å². The molecule has 1 N–H and O–H groups in total. The van der Waals surface area contributed by atoms with Crippen LogP contribution in [0.3, 0.4) is 0 Å². The Balaban J connectivity index is 2.34. The molecule has 0 bridgehead atoms. The first-order valence-corrected chi connectivity index (χ1v) is 8.42. The Bertz CT molecular complexity index is 192. The molecule has 1 rings (SSSR count). The van der Waals surface area contributed by atoms with Crippen LogP contribution in [0.5, 0.6) is 0 Å². The topological polar surface area (TPSA) is 12.0 Å². The molecule has 108 valence electrons. The molecular weight excluding hydrogens is 218 g/mol. The molecule has 1 nitrogen and oxygen atoms in total. The van der Waals surface area contributed by atoms with E-state index in [1.54, 1.807) is 0 Å². The molecule has 0 saturated heterocycles. The highest BCUT2D eigenvalue weighted by Gasteiger charge is 2.28. The Morgan fingerprint density at radius 1 is 1.00 bits per heavy atom. The largest absolute Gasteiger partial charge is 0.313 e. The van der Waals surface area contributed by atoms with E-state index < -0.39 is 0 Å². The van der Waals surface area contributed by atoms with E-state index in [9.17, 15) is 0 Å². The van der Waals surface area contributed by atoms with E-state index in [1.807, 2.05) is 0 Å². The molecule has 1 saturated carbocycles. The van der Waals surface area contributed by atoms with E-state index >= 15 is 0 Å². The van der Waals surface area contributed by atoms with E-state index in [4.69, 9.17) is 0 Å². The van der Waals surface area contributed by atoms with Gasteiger partial charge in [0.25, 0.3) is 0 Å². The predicted octanol–water partition coefficient (Wildman–Crippen LogP) is 5.01. The van der Waals surface area contributed by atoms with Gasteiger partial charge in [0, 0.05) is 6.04 Å². The van der Waals surface area contributed by atoms with Crippen LogP contribution >= 0.6 is 0 Å². The lowest BCUT2D eigenvalue weighted by Gasteiger charge is -2.36. The second-order valence-electron chi connectivity index (χ2n) is 6.65. The van der Waals surface area contributed by atoms with E-state index in [0.717, 1.165) is 23.8 Å². The third-order valence-electron chi connectivity index (χ3n) is 4.71. The molecule has 1 aliphatic carbocycles. The molecule has 0 aliphatic heterocycles. The summed E-state index contributed by atoms with van der Waals surface area (Å²) in [5.74, 6) is 2.77. The summed E-state index contributed by atoms with van der Waals surface area (Å²) < 4.78 is 0. The molecule has 1 fully saturated rings. The molecule has 1 aliphatic rings. The average molecular weight is 253 g/mol. The minimum atomic E-state index is 0.761. The standard InChI is InChI=1S/C17H35N/c1-5-7-8-15-9-11-16(12-10-15)17(14(3)4)18-13-6-2/h14-18H,5-13H2,1-4H3. The molecule has 0 aromatic rings. The highest BCUT2D eigenvalue weighted by atomic mass is 14.9. The Morgan fingerprint density at radius 2 is 1.67 bits per heavy atom. The Hall–Kier alpha value is -0.0400. The fraction of sp³-hybridized carbons (Fsp3) is 1.00. The fourth-order valence-electron chi connectivity index (χ4n) is 3.59. The molecule has 0 aromatic carbocycles. The van der Waals surface area contributed by atoms with Gasteiger partial charge in [0.2, 0.25) is 0 Å². The smallest absolute Gasteiger partial charge is 0.0118 e. The third kappa shape index (κ3) is 5.30. The lowest BCUT2D eigenvalue weighted by Crippen LogP contribution is -2.42. The molecule has 1 heteroatoms. The van der Waals surface area contributed by atoms with Gasteiger partial charge < -0.3 is 5.32 Å². The van der Waals surface area contributed by atoms with E-state index in [2.05, 4.69) is 33.0 Å². The van der Waals surface area contributed by atoms with Gasteiger partial charge in [-0.2, -0.15) is 0 Å². The second-order valence-corrected chi connectivity index (χ2v) is 6.65. The van der Waals surface area contributed by atoms with Crippen molar-refractivity contribution in [1.29, 1.82) is 0 Å². The van der Waals surface area contributed by atoms with Crippen LogP contribution in [0.1, 0.15) is 79.1 Å². The zero-order valence-corrected chi connectivity index (χ0v) is 13.2. The predicted molar refractivity (Wildman–Crippen MR) is 81.9 cm³/mol. The molecule has 1 unspecified atom stereocenters. The maximum absolute atomic E-state index is 3.80. The van der Waals surface area contributed by atoms with Gasteiger partial charge in [-0.3, -0.25) is 0 Å². The summed E-state index contributed by atoms with van der Waals surface area (Å²) in [6.07, 6.45) is 11.5. The molecule has 0 spiro atoms. The first kappa shape index (κ1) is 16.0. The Kier molecular flexibility index (Phi) is 7.97. The van der Waals surface area contributed by atoms with Crippen LogP contribution in [-0.4, -0.2) is 12.6 Å². The molecule has 18 heavy (non-hydrogen) atoms. The SMILES string of the molecule is CCCCC1CCC(C(NCCC)C(C)C)CC1. The summed E-state index contributed by atoms with van der Waals surface area (Å²) in [5, 5.41) is 3.80. The summed E-state index contributed by atoms with van der Waals surface area (Å²) in [6, 6.07) is 0.761. The average Bonchev–Trinajstić information content (AvgIpc) is 2.38. The molecule has 0 radical (unpaired) electrons. The summed E-state index contributed by atoms with van der Waals surface area (Å²) in [6.45, 7) is 10.5. The van der Waals surface area contributed by atoms with Crippen molar-refractivity contribution in [2.45, 2.75) is 85.1 Å². The van der Waals surface area contributed by atoms with Crippen LogP contribution in [0.25, 0.3) is 0 Å². The summed E-state index contributed by atoms with van der Waals surface area (Å²) in [4.78, 5) is 0. The van der Waals surface area contributed by atoms with Crippen molar-refractivity contribution in [3.8, 4) is 0 Å². The van der Waals surface area contributed by atoms with Crippen molar-refractivity contribution in [2.24, 2.45) is 17.8 Å². The molecule has 0 heterocycles. The molecular formula is C17H35N. The normalized spacial score (nSPS) is 26.5. The van der Waals surface area contributed by atoms with Crippen LogP contribution in [0.15, 0.2) is 0 Å². The number of hydrogen-bond donors (Lipinski definition) is 1. The number of unbranched alkanes of at least 4 members (excludes halogenated alkanes) is 1. The highest BCUT2D eigenvalue weighted by molar-refractivity contribution is 4.83. The van der Waals surface area contributed by atoms with Gasteiger partial charge in [-0.15, -0.1) is 0 Å². The zero-order valence-electron chi connectivity index (χ0n) is 13.2. The van der Waals surface area contributed by atoms with E-state index in [-0.39, 0.29) is 0 Å². The number of nitrogens with one attached hydrogen (secondary N) is 1. The van der Waals surface area contributed by atoms with Crippen molar-refractivity contribution < 1.29 is 0 Å². The first-order chi connectivity index (χ1) is 8.69. The van der Waals surface area contributed by atoms with Crippen LogP contribution in [0.4, 0.5) is 0 Å². The summed E-state index contributed by atoms with van der Waals surface area (Å²) >= 11 is 0. The van der Waals surface area contributed by atoms with Crippen molar-refractivity contribution in [3.63, 3.8) is 0 Å². The van der Waals surface area contributed by atoms with Gasteiger partial charge in [0.1, 0.15) is 0 Å². The quantitative estimate of drug-likeness (QED) is 0.641. The van der Waals surface area contributed by atoms with Crippen molar-refractivity contribution in [1.82, 2.24) is 5.32 Å². The van der Waals surface area contributed by atoms with Crippen molar-refractivity contribution >= 4 is 0 Å². The van der Waals surface area contributed by atoms with Crippen LogP contribution < -0.4 is 5.32 Å². The second kappa shape index (κ2) is 8.96. The summed E-state index contributed by atoms with van der Waals surface area (Å²) in [5.41, 5.74) is 0. The van der Waals surface area contributed by atoms with Gasteiger partial charge in [0.05, 0.1) is 0 Å². The molecule has 1 atom stereocenters. The first-order valence-electron chi connectivity index (χ1n) is 8.42. The Morgan fingerprint density at radius 3 is 2.17 bits per heavy atom. The molecule has 0 aromatic heterocycles. The van der Waals surface area contributed by atoms with Gasteiger partial charge in [-0.1, -0.05) is 59.8 Å². The lowest BCUT2D eigenvalue weighted by molar-refractivity contribution is 0.183. The minimum absolute atomic E-state index is 0.761. The van der Waals surface area contributed by atoms with Gasteiger partial charge in [0.15, 0.2) is 0 Å². The van der Waals surface area contributed by atoms with E-state index in [1.165, 1.54) is 57.9 Å². The van der Waals surface area contributed by atoms with Crippen LogP contribution in [-0.2, 0) is 0 Å². The zero-order chi connectivity index (χ0) is 13.4. The van der Waals surface area contributed by atoms with Crippen molar-refractivity contribution in [3.05, 3.63) is 0 Å². The lowest BCUT2D eigenvalue weighted by atomic mass is 9.74. The minimum Gasteiger partial charge on any atom is -0.313 e. The number of rotatable bonds is 8. The maximum Gasteiger partial charge on any atom is 0.0118 e. The third-order valence-corrected chi connectivity index (χ3v) is 4.71. The van der Waals surface area contributed by atoms with Gasteiger partial charge >= 0.3 is 0 Å². The fourth-order valence-corrected chi connectivity index (χ4v) is 3.59. The molecule has 0 amide bonds. The maximum atomic E-state index is 3.80. The highest BCUT2D eigenvalue weighted by Crippen LogP contribution is 2.35. The van der Waals surface area contributed by atoms with Crippen LogP contribution in [0, 0.1) is 17.8 Å². The van der Waals surface area contributed by atoms with Crippen molar-refractivity contribution in [2.75, 3.05) is 6.54 Å². The number of hydrogen-bond acceptors (Lipinski definition) is 1. The van der Waals surface area contributed by atoms with E-state index in [0.29, 0.717) is 0 Å². The van der Waals surface area contributed by atoms with Crippen LogP contribution in [0.2, 0.25) is 0 Å². The van der Waals surface area contributed by atoms with Gasteiger partial charge in [-0.05, 0) is 43.6 Å². The van der Waals surface area contributed by atoms with Gasteiger partial charge in [-0.25, -0.2) is 0 Å². The monoisotopic (exact) mass is 253 g/mol.